The molecule has 0 bridgehead atoms. The zero-order valence-electron chi connectivity index (χ0n) is 15.5. The van der Waals surface area contributed by atoms with Crippen molar-refractivity contribution in [2.24, 2.45) is 0 Å². The normalized spacial score (nSPS) is 10.9. The van der Waals surface area contributed by atoms with Gasteiger partial charge in [0.05, 0.1) is 19.9 Å². The standard InChI is InChI=1S/C20H16F2N4O3/c1-28-17-6-11-5-16(23-14(11)8-18(17)29-2)20(27)24-19-9-15(25-26-19)10-3-12(21)7-13(22)4-10/h3-9,23H,1-2H3,(H2,24,25,26,27). The number of hydrogen-bond acceptors (Lipinski definition) is 4. The number of nitrogens with one attached hydrogen (secondary N) is 3. The first-order chi connectivity index (χ1) is 14.0. The molecule has 0 aliphatic carbocycles. The third kappa shape index (κ3) is 3.62. The molecule has 0 saturated heterocycles. The molecule has 0 spiro atoms. The second-order valence-corrected chi connectivity index (χ2v) is 6.26. The number of halogens is 2. The van der Waals surface area contributed by atoms with Gasteiger partial charge in [-0.25, -0.2) is 8.78 Å². The highest BCUT2D eigenvalue weighted by atomic mass is 19.1. The zero-order valence-corrected chi connectivity index (χ0v) is 15.5. The minimum atomic E-state index is -0.705. The van der Waals surface area contributed by atoms with Crippen LogP contribution in [0.5, 0.6) is 11.5 Å². The van der Waals surface area contributed by atoms with Crippen molar-refractivity contribution in [2.45, 2.75) is 0 Å². The Morgan fingerprint density at radius 3 is 2.34 bits per heavy atom. The minimum absolute atomic E-state index is 0.212. The van der Waals surface area contributed by atoms with Gasteiger partial charge in [0.1, 0.15) is 17.3 Å². The number of benzene rings is 2. The van der Waals surface area contributed by atoms with Crippen LogP contribution in [0.15, 0.2) is 42.5 Å². The zero-order chi connectivity index (χ0) is 20.5. The van der Waals surface area contributed by atoms with E-state index in [1.54, 1.807) is 18.2 Å². The molecule has 0 aliphatic heterocycles. The Hall–Kier alpha value is -3.88. The van der Waals surface area contributed by atoms with E-state index < -0.39 is 17.5 Å². The van der Waals surface area contributed by atoms with E-state index in [1.807, 2.05) is 0 Å². The molecule has 4 rings (SSSR count). The van der Waals surface area contributed by atoms with Gasteiger partial charge in [-0.05, 0) is 24.3 Å². The maximum absolute atomic E-state index is 13.4. The summed E-state index contributed by atoms with van der Waals surface area (Å²) in [6.07, 6.45) is 0. The summed E-state index contributed by atoms with van der Waals surface area (Å²) in [4.78, 5) is 15.6. The Balaban J connectivity index is 1.57. The molecular formula is C20H16F2N4O3. The molecule has 0 saturated carbocycles. The number of methoxy groups -OCH3 is 2. The van der Waals surface area contributed by atoms with Crippen molar-refractivity contribution in [3.63, 3.8) is 0 Å². The Morgan fingerprint density at radius 2 is 1.66 bits per heavy atom. The predicted octanol–water partition coefficient (Wildman–Crippen LogP) is 4.11. The van der Waals surface area contributed by atoms with Gasteiger partial charge in [0.2, 0.25) is 0 Å². The first-order valence-corrected chi connectivity index (χ1v) is 8.55. The number of rotatable bonds is 5. The van der Waals surface area contributed by atoms with E-state index in [4.69, 9.17) is 9.47 Å². The number of carbonyl (C=O) groups is 1. The largest absolute Gasteiger partial charge is 0.493 e. The van der Waals surface area contributed by atoms with Crippen LogP contribution in [-0.4, -0.2) is 35.3 Å². The smallest absolute Gasteiger partial charge is 0.273 e. The van der Waals surface area contributed by atoms with E-state index >= 15 is 0 Å². The molecule has 0 unspecified atom stereocenters. The van der Waals surface area contributed by atoms with Crippen LogP contribution in [0.2, 0.25) is 0 Å². The van der Waals surface area contributed by atoms with Crippen molar-refractivity contribution in [1.82, 2.24) is 15.2 Å². The fourth-order valence-corrected chi connectivity index (χ4v) is 3.01. The van der Waals surface area contributed by atoms with Crippen LogP contribution in [0.4, 0.5) is 14.6 Å². The van der Waals surface area contributed by atoms with Gasteiger partial charge in [0, 0.05) is 34.7 Å². The summed E-state index contributed by atoms with van der Waals surface area (Å²) < 4.78 is 37.3. The summed E-state index contributed by atoms with van der Waals surface area (Å²) >= 11 is 0. The second kappa shape index (κ2) is 7.27. The first kappa shape index (κ1) is 18.5. The van der Waals surface area contributed by atoms with Gasteiger partial charge in [-0.2, -0.15) is 5.10 Å². The maximum atomic E-state index is 13.4. The summed E-state index contributed by atoms with van der Waals surface area (Å²) in [6.45, 7) is 0. The predicted molar refractivity (Wildman–Crippen MR) is 103 cm³/mol. The Morgan fingerprint density at radius 1 is 0.966 bits per heavy atom. The summed E-state index contributed by atoms with van der Waals surface area (Å²) in [7, 11) is 3.06. The molecule has 2 aromatic carbocycles. The molecule has 1 amide bonds. The summed E-state index contributed by atoms with van der Waals surface area (Å²) in [5, 5.41) is 10.0. The molecule has 7 nitrogen and oxygen atoms in total. The van der Waals surface area contributed by atoms with Crippen molar-refractivity contribution < 1.29 is 23.0 Å². The highest BCUT2D eigenvalue weighted by Crippen LogP contribution is 2.32. The monoisotopic (exact) mass is 398 g/mol. The summed E-state index contributed by atoms with van der Waals surface area (Å²) in [5.74, 6) is -0.544. The molecule has 0 aliphatic rings. The van der Waals surface area contributed by atoms with E-state index in [0.29, 0.717) is 28.4 Å². The topological polar surface area (TPSA) is 92.0 Å². The minimum Gasteiger partial charge on any atom is -0.493 e. The molecule has 29 heavy (non-hydrogen) atoms. The average molecular weight is 398 g/mol. The van der Waals surface area contributed by atoms with Crippen LogP contribution in [0.25, 0.3) is 22.2 Å². The van der Waals surface area contributed by atoms with Gasteiger partial charge in [-0.3, -0.25) is 9.89 Å². The van der Waals surface area contributed by atoms with E-state index in [1.165, 1.54) is 32.4 Å². The quantitative estimate of drug-likeness (QED) is 0.472. The van der Waals surface area contributed by atoms with Crippen LogP contribution in [0.3, 0.4) is 0 Å². The number of H-pyrrole nitrogens is 2. The molecule has 4 aromatic rings. The van der Waals surface area contributed by atoms with Crippen molar-refractivity contribution in [3.8, 4) is 22.8 Å². The highest BCUT2D eigenvalue weighted by Gasteiger charge is 2.15. The lowest BCUT2D eigenvalue weighted by atomic mass is 10.1. The maximum Gasteiger partial charge on any atom is 0.273 e. The molecule has 148 valence electrons. The van der Waals surface area contributed by atoms with Gasteiger partial charge < -0.3 is 19.8 Å². The SMILES string of the molecule is COc1cc2cc(C(=O)Nc3cc(-c4cc(F)cc(F)c4)[nH]n3)[nH]c2cc1OC. The number of aromatic nitrogens is 3. The number of anilines is 1. The molecule has 0 radical (unpaired) electrons. The van der Waals surface area contributed by atoms with Gasteiger partial charge >= 0.3 is 0 Å². The van der Waals surface area contributed by atoms with E-state index in [-0.39, 0.29) is 11.4 Å². The molecular weight excluding hydrogens is 382 g/mol. The van der Waals surface area contributed by atoms with Crippen LogP contribution in [0, 0.1) is 11.6 Å². The van der Waals surface area contributed by atoms with E-state index in [0.717, 1.165) is 11.5 Å². The van der Waals surface area contributed by atoms with Gasteiger partial charge in [-0.1, -0.05) is 0 Å². The lowest BCUT2D eigenvalue weighted by Crippen LogP contribution is -2.12. The molecule has 0 fully saturated rings. The number of nitrogens with zero attached hydrogens (tertiary/aromatic N) is 1. The Kier molecular flexibility index (Phi) is 4.63. The number of carbonyl (C=O) groups excluding carboxylic acids is 1. The fraction of sp³-hybridized carbons (Fsp3) is 0.100. The van der Waals surface area contributed by atoms with Crippen LogP contribution in [-0.2, 0) is 0 Å². The van der Waals surface area contributed by atoms with Gasteiger partial charge in [0.25, 0.3) is 5.91 Å². The number of aromatic amines is 2. The van der Waals surface area contributed by atoms with E-state index in [2.05, 4.69) is 20.5 Å². The van der Waals surface area contributed by atoms with Crippen molar-refractivity contribution in [2.75, 3.05) is 19.5 Å². The number of amides is 1. The summed E-state index contributed by atoms with van der Waals surface area (Å²) in [5.41, 5.74) is 1.65. The fourth-order valence-electron chi connectivity index (χ4n) is 3.01. The number of hydrogen-bond donors (Lipinski definition) is 3. The number of fused-ring (bicyclic) bond motifs is 1. The molecule has 3 N–H and O–H groups in total. The summed E-state index contributed by atoms with van der Waals surface area (Å²) in [6, 6.07) is 9.76. The lowest BCUT2D eigenvalue weighted by molar-refractivity contribution is 0.102. The van der Waals surface area contributed by atoms with E-state index in [9.17, 15) is 13.6 Å². The van der Waals surface area contributed by atoms with Crippen LogP contribution < -0.4 is 14.8 Å². The van der Waals surface area contributed by atoms with Crippen LogP contribution in [0.1, 0.15) is 10.5 Å². The first-order valence-electron chi connectivity index (χ1n) is 8.55. The average Bonchev–Trinajstić information content (AvgIpc) is 3.32. The molecule has 2 heterocycles. The van der Waals surface area contributed by atoms with Crippen molar-refractivity contribution >= 4 is 22.6 Å². The number of ether oxygens (including phenoxy) is 2. The van der Waals surface area contributed by atoms with Gasteiger partial charge in [0.15, 0.2) is 17.3 Å². The third-order valence-electron chi connectivity index (χ3n) is 4.36. The second-order valence-electron chi connectivity index (χ2n) is 6.26. The molecule has 9 heteroatoms. The molecule has 2 aromatic heterocycles. The molecule has 0 atom stereocenters. The Bertz CT molecular complexity index is 1150. The van der Waals surface area contributed by atoms with Gasteiger partial charge in [-0.15, -0.1) is 0 Å². The lowest BCUT2D eigenvalue weighted by Gasteiger charge is -2.06. The third-order valence-corrected chi connectivity index (χ3v) is 4.36. The van der Waals surface area contributed by atoms with Crippen molar-refractivity contribution in [1.29, 1.82) is 0 Å². The Labute approximate surface area is 163 Å². The van der Waals surface area contributed by atoms with Crippen LogP contribution >= 0.6 is 0 Å². The van der Waals surface area contributed by atoms with Crippen molar-refractivity contribution in [3.05, 3.63) is 59.8 Å². The highest BCUT2D eigenvalue weighted by molar-refractivity contribution is 6.06.